The fourth-order valence-corrected chi connectivity index (χ4v) is 2.53. The van der Waals surface area contributed by atoms with Crippen LogP contribution in [0.25, 0.3) is 0 Å². The van der Waals surface area contributed by atoms with Gasteiger partial charge in [-0.3, -0.25) is 5.32 Å². The number of carbonyl (C=O) groups excluding carboxylic acids is 1. The monoisotopic (exact) mass is 447 g/mol. The van der Waals surface area contributed by atoms with Crippen molar-refractivity contribution < 1.29 is 36.2 Å². The summed E-state index contributed by atoms with van der Waals surface area (Å²) < 4.78 is 77.5. The number of nitrogen functional groups attached to an aromatic ring is 1. The van der Waals surface area contributed by atoms with Crippen molar-refractivity contribution in [1.29, 1.82) is 0 Å². The second-order valence-electron chi connectivity index (χ2n) is 6.34. The molecule has 3 heterocycles. The number of nitrogens with zero attached hydrogens (tertiary/aromatic N) is 4. The summed E-state index contributed by atoms with van der Waals surface area (Å²) in [5.74, 6) is -6.41. The molecule has 0 radical (unpaired) electrons. The van der Waals surface area contributed by atoms with Crippen molar-refractivity contribution in [3.05, 3.63) is 35.5 Å². The minimum Gasteiger partial charge on any atom is -0.459 e. The Morgan fingerprint density at radius 2 is 2.00 bits per heavy atom. The van der Waals surface area contributed by atoms with Gasteiger partial charge in [-0.25, -0.2) is 37.9 Å². The summed E-state index contributed by atoms with van der Waals surface area (Å²) in [5, 5.41) is 2.05. The van der Waals surface area contributed by atoms with E-state index < -0.39 is 71.3 Å². The first-order chi connectivity index (χ1) is 14.4. The topological polar surface area (TPSA) is 151 Å². The smallest absolute Gasteiger partial charge is 0.419 e. The largest absolute Gasteiger partial charge is 0.459 e. The van der Waals surface area contributed by atoms with Gasteiger partial charge in [-0.15, -0.1) is 0 Å². The van der Waals surface area contributed by atoms with Gasteiger partial charge in [0.25, 0.3) is 18.3 Å². The molecule has 2 aromatic heterocycles. The predicted octanol–water partition coefficient (Wildman–Crippen LogP) is 2.34. The summed E-state index contributed by atoms with van der Waals surface area (Å²) in [5.41, 5.74) is 6.67. The lowest BCUT2D eigenvalue weighted by atomic mass is 9.89. The molecular formula is C16H14F5N7O3. The van der Waals surface area contributed by atoms with Crippen molar-refractivity contribution in [2.24, 2.45) is 10.7 Å². The number of pyridine rings is 1. The molecule has 2 aromatic rings. The fraction of sp³-hybridized carbons (Fsp3) is 0.312. The van der Waals surface area contributed by atoms with Crippen LogP contribution >= 0.6 is 0 Å². The van der Waals surface area contributed by atoms with Crippen molar-refractivity contribution in [2.75, 3.05) is 17.7 Å². The molecule has 0 spiro atoms. The third-order valence-corrected chi connectivity index (χ3v) is 4.18. The third kappa shape index (κ3) is 4.24. The molecule has 5 N–H and O–H groups in total. The maximum absolute atomic E-state index is 14.4. The Balaban J connectivity index is 1.84. The second-order valence-corrected chi connectivity index (χ2v) is 6.34. The number of aromatic nitrogens is 3. The molecular weight excluding hydrogens is 433 g/mol. The van der Waals surface area contributed by atoms with Gasteiger partial charge in [-0.2, -0.15) is 8.78 Å². The first kappa shape index (κ1) is 21.9. The molecule has 3 rings (SSSR count). The van der Waals surface area contributed by atoms with Gasteiger partial charge >= 0.3 is 12.0 Å². The Morgan fingerprint density at radius 3 is 2.65 bits per heavy atom. The first-order valence-corrected chi connectivity index (χ1v) is 8.35. The van der Waals surface area contributed by atoms with Crippen LogP contribution in [0.5, 0.6) is 5.88 Å². The first-order valence-electron chi connectivity index (χ1n) is 8.35. The maximum atomic E-state index is 14.4. The lowest BCUT2D eigenvalue weighted by Crippen LogP contribution is -2.51. The molecule has 31 heavy (non-hydrogen) atoms. The average molecular weight is 447 g/mol. The highest BCUT2D eigenvalue weighted by Gasteiger charge is 2.57. The number of hydrogen-bond acceptors (Lipinski definition) is 9. The highest BCUT2D eigenvalue weighted by atomic mass is 19.3. The van der Waals surface area contributed by atoms with Crippen molar-refractivity contribution >= 4 is 23.8 Å². The number of rotatable bonds is 4. The zero-order valence-corrected chi connectivity index (χ0v) is 15.6. The Morgan fingerprint density at radius 1 is 1.29 bits per heavy atom. The minimum atomic E-state index is -3.68. The zero-order valence-electron chi connectivity index (χ0n) is 15.6. The molecule has 0 saturated carbocycles. The molecule has 166 valence electrons. The average Bonchev–Trinajstić information content (AvgIpc) is 2.68. The van der Waals surface area contributed by atoms with E-state index in [-0.39, 0.29) is 0 Å². The van der Waals surface area contributed by atoms with Crippen molar-refractivity contribution in [1.82, 2.24) is 15.0 Å². The van der Waals surface area contributed by atoms with Gasteiger partial charge in [0.15, 0.2) is 18.0 Å². The number of amidine groups is 1. The molecule has 1 aliphatic heterocycles. The van der Waals surface area contributed by atoms with E-state index in [4.69, 9.17) is 16.2 Å². The zero-order chi connectivity index (χ0) is 23.0. The Labute approximate surface area is 170 Å². The molecule has 0 aliphatic carbocycles. The molecule has 0 aromatic carbocycles. The van der Waals surface area contributed by atoms with Gasteiger partial charge in [-0.1, -0.05) is 0 Å². The van der Waals surface area contributed by atoms with Crippen LogP contribution in [0, 0.1) is 5.82 Å². The van der Waals surface area contributed by atoms with Crippen LogP contribution in [0.15, 0.2) is 23.3 Å². The van der Waals surface area contributed by atoms with Crippen molar-refractivity contribution in [3.63, 3.8) is 0 Å². The molecule has 1 atom stereocenters. The van der Waals surface area contributed by atoms with E-state index in [1.807, 2.05) is 0 Å². The van der Waals surface area contributed by atoms with Gasteiger partial charge in [0.05, 0.1) is 6.20 Å². The number of carbonyl (C=O) groups is 1. The van der Waals surface area contributed by atoms with Gasteiger partial charge in [0, 0.05) is 0 Å². The van der Waals surface area contributed by atoms with Crippen LogP contribution in [-0.4, -0.2) is 39.6 Å². The summed E-state index contributed by atoms with van der Waals surface area (Å²) in [7, 11) is 0. The number of anilines is 2. The molecule has 1 amide bonds. The molecule has 0 fully saturated rings. The van der Waals surface area contributed by atoms with Gasteiger partial charge in [-0.05, 0) is 19.1 Å². The van der Waals surface area contributed by atoms with E-state index in [9.17, 15) is 26.7 Å². The predicted molar refractivity (Wildman–Crippen MR) is 95.1 cm³/mol. The number of hydrogen-bond donors (Lipinski definition) is 3. The number of ether oxygens (including phenoxy) is 2. The molecule has 15 heteroatoms. The van der Waals surface area contributed by atoms with Crippen LogP contribution < -0.4 is 21.5 Å². The lowest BCUT2D eigenvalue weighted by Gasteiger charge is -2.36. The Bertz CT molecular complexity index is 1050. The van der Waals surface area contributed by atoms with E-state index in [0.717, 1.165) is 19.1 Å². The highest BCUT2D eigenvalue weighted by Crippen LogP contribution is 2.43. The SMILES string of the molecule is C[C@]1(c2nc(NC(=O)Oc3ncc(C(F)F)nc3N)ccc2F)N=C(N)OCC1(F)F. The van der Waals surface area contributed by atoms with E-state index in [1.54, 1.807) is 0 Å². The third-order valence-electron chi connectivity index (χ3n) is 4.18. The van der Waals surface area contributed by atoms with Crippen molar-refractivity contribution in [3.8, 4) is 5.88 Å². The summed E-state index contributed by atoms with van der Waals surface area (Å²) in [4.78, 5) is 26.0. The summed E-state index contributed by atoms with van der Waals surface area (Å²) in [6.07, 6.45) is -3.57. The van der Waals surface area contributed by atoms with Gasteiger partial charge in [0.2, 0.25) is 0 Å². The summed E-state index contributed by atoms with van der Waals surface area (Å²) in [6, 6.07) is 1.14. The number of halogens is 5. The minimum absolute atomic E-state index is 0.394. The van der Waals surface area contributed by atoms with E-state index in [2.05, 4.69) is 30.0 Å². The van der Waals surface area contributed by atoms with E-state index >= 15 is 0 Å². The number of nitrogens with one attached hydrogen (secondary N) is 1. The molecule has 0 saturated heterocycles. The molecule has 10 nitrogen and oxygen atoms in total. The number of nitrogens with two attached hydrogens (primary N) is 2. The second kappa shape index (κ2) is 7.81. The molecule has 0 unspecified atom stereocenters. The standard InChI is InChI=1S/C16H14F5N7O3/c1-15(16(20,21)5-30-13(23)28-15)9-6(17)2-3-8(26-9)27-14(29)31-12-11(22)25-7(4-24-12)10(18)19/h2-4,10H,5H2,1H3,(H2,22,25)(H2,23,28)(H,26,27,29)/t15-/m1/s1. The van der Waals surface area contributed by atoms with Crippen LogP contribution in [-0.2, 0) is 10.3 Å². The van der Waals surface area contributed by atoms with Crippen LogP contribution in [0.4, 0.5) is 38.4 Å². The maximum Gasteiger partial charge on any atom is 0.419 e. The Kier molecular flexibility index (Phi) is 5.52. The number of aliphatic imine (C=N–C) groups is 1. The quantitative estimate of drug-likeness (QED) is 0.605. The van der Waals surface area contributed by atoms with Crippen LogP contribution in [0.3, 0.4) is 0 Å². The molecule has 0 bridgehead atoms. The molecule has 1 aliphatic rings. The lowest BCUT2D eigenvalue weighted by molar-refractivity contribution is -0.118. The van der Waals surface area contributed by atoms with E-state index in [0.29, 0.717) is 6.20 Å². The van der Waals surface area contributed by atoms with Crippen molar-refractivity contribution in [2.45, 2.75) is 24.8 Å². The van der Waals surface area contributed by atoms with Gasteiger partial charge in [0.1, 0.15) is 23.0 Å². The normalized spacial score (nSPS) is 20.0. The van der Waals surface area contributed by atoms with Crippen LogP contribution in [0.1, 0.15) is 24.7 Å². The van der Waals surface area contributed by atoms with Gasteiger partial charge < -0.3 is 20.9 Å². The number of alkyl halides is 4. The van der Waals surface area contributed by atoms with Crippen LogP contribution in [0.2, 0.25) is 0 Å². The summed E-state index contributed by atoms with van der Waals surface area (Å²) >= 11 is 0. The summed E-state index contributed by atoms with van der Waals surface area (Å²) in [6.45, 7) is -0.261. The fourth-order valence-electron chi connectivity index (χ4n) is 2.53. The van der Waals surface area contributed by atoms with E-state index in [1.165, 1.54) is 0 Å². The number of amides is 1. The Hall–Kier alpha value is -3.78. The highest BCUT2D eigenvalue weighted by molar-refractivity contribution is 5.85.